The number of anilines is 2. The standard InChI is InChI=1S/C18H22N4O/c1-12-6-7-16(13(2)10-12)21-17(23)15-11-19-18(20-14(15)3)22-8-4-5-9-22/h6-7,10-11H,4-5,8-9H2,1-3H3,(H,21,23). The summed E-state index contributed by atoms with van der Waals surface area (Å²) in [7, 11) is 0. The van der Waals surface area contributed by atoms with E-state index in [9.17, 15) is 4.79 Å². The van der Waals surface area contributed by atoms with Crippen LogP contribution in [0.2, 0.25) is 0 Å². The van der Waals surface area contributed by atoms with Crippen molar-refractivity contribution in [3.05, 3.63) is 46.8 Å². The van der Waals surface area contributed by atoms with Crippen LogP contribution in [0.25, 0.3) is 0 Å². The third-order valence-electron chi connectivity index (χ3n) is 4.23. The van der Waals surface area contributed by atoms with Crippen LogP contribution in [0.15, 0.2) is 24.4 Å². The van der Waals surface area contributed by atoms with Gasteiger partial charge in [-0.25, -0.2) is 9.97 Å². The highest BCUT2D eigenvalue weighted by molar-refractivity contribution is 6.05. The number of nitrogens with zero attached hydrogens (tertiary/aromatic N) is 3. The van der Waals surface area contributed by atoms with Gasteiger partial charge in [0.15, 0.2) is 0 Å². The maximum Gasteiger partial charge on any atom is 0.259 e. The van der Waals surface area contributed by atoms with Crippen molar-refractivity contribution in [1.29, 1.82) is 0 Å². The summed E-state index contributed by atoms with van der Waals surface area (Å²) < 4.78 is 0. The van der Waals surface area contributed by atoms with Crippen LogP contribution in [0.5, 0.6) is 0 Å². The molecule has 1 aromatic carbocycles. The Morgan fingerprint density at radius 2 is 1.91 bits per heavy atom. The van der Waals surface area contributed by atoms with E-state index in [1.54, 1.807) is 6.20 Å². The molecule has 1 aliphatic rings. The predicted molar refractivity (Wildman–Crippen MR) is 92.1 cm³/mol. The van der Waals surface area contributed by atoms with Crippen LogP contribution in [0.4, 0.5) is 11.6 Å². The molecule has 0 spiro atoms. The number of nitrogens with one attached hydrogen (secondary N) is 1. The van der Waals surface area contributed by atoms with Crippen LogP contribution in [-0.2, 0) is 0 Å². The molecule has 1 fully saturated rings. The van der Waals surface area contributed by atoms with Crippen LogP contribution >= 0.6 is 0 Å². The van der Waals surface area contributed by atoms with Crippen molar-refractivity contribution < 1.29 is 4.79 Å². The molecule has 5 heteroatoms. The lowest BCUT2D eigenvalue weighted by Crippen LogP contribution is -2.22. The molecular formula is C18H22N4O. The molecule has 0 bridgehead atoms. The number of hydrogen-bond donors (Lipinski definition) is 1. The van der Waals surface area contributed by atoms with Gasteiger partial charge in [-0.3, -0.25) is 4.79 Å². The molecular weight excluding hydrogens is 288 g/mol. The highest BCUT2D eigenvalue weighted by Crippen LogP contribution is 2.20. The van der Waals surface area contributed by atoms with Crippen molar-refractivity contribution in [2.75, 3.05) is 23.3 Å². The van der Waals surface area contributed by atoms with E-state index in [0.717, 1.165) is 30.3 Å². The average molecular weight is 310 g/mol. The second-order valence-corrected chi connectivity index (χ2v) is 6.14. The minimum absolute atomic E-state index is 0.164. The minimum atomic E-state index is -0.164. The van der Waals surface area contributed by atoms with Crippen LogP contribution in [-0.4, -0.2) is 29.0 Å². The normalized spacial score (nSPS) is 14.1. The van der Waals surface area contributed by atoms with Gasteiger partial charge in [0, 0.05) is 25.0 Å². The van der Waals surface area contributed by atoms with Gasteiger partial charge in [-0.05, 0) is 45.2 Å². The fraction of sp³-hybridized carbons (Fsp3) is 0.389. The SMILES string of the molecule is Cc1ccc(NC(=O)c2cnc(N3CCCC3)nc2C)c(C)c1. The first-order valence-electron chi connectivity index (χ1n) is 8.02. The molecule has 0 atom stereocenters. The molecule has 0 unspecified atom stereocenters. The second-order valence-electron chi connectivity index (χ2n) is 6.14. The van der Waals surface area contributed by atoms with Crippen molar-refractivity contribution in [3.63, 3.8) is 0 Å². The van der Waals surface area contributed by atoms with Crippen molar-refractivity contribution in [2.45, 2.75) is 33.6 Å². The Hall–Kier alpha value is -2.43. The number of carbonyl (C=O) groups excluding carboxylic acids is 1. The van der Waals surface area contributed by atoms with Gasteiger partial charge in [0.2, 0.25) is 5.95 Å². The van der Waals surface area contributed by atoms with E-state index in [4.69, 9.17) is 0 Å². The minimum Gasteiger partial charge on any atom is -0.341 e. The zero-order valence-corrected chi connectivity index (χ0v) is 13.9. The molecule has 5 nitrogen and oxygen atoms in total. The summed E-state index contributed by atoms with van der Waals surface area (Å²) in [4.78, 5) is 23.5. The molecule has 1 N–H and O–H groups in total. The number of carbonyl (C=O) groups is 1. The molecule has 0 radical (unpaired) electrons. The Balaban J connectivity index is 1.79. The van der Waals surface area contributed by atoms with Crippen LogP contribution < -0.4 is 10.2 Å². The Morgan fingerprint density at radius 3 is 2.57 bits per heavy atom. The molecule has 2 aromatic rings. The molecule has 0 aliphatic carbocycles. The first kappa shape index (κ1) is 15.5. The van der Waals surface area contributed by atoms with E-state index in [2.05, 4.69) is 26.3 Å². The topological polar surface area (TPSA) is 58.1 Å². The zero-order valence-electron chi connectivity index (χ0n) is 13.9. The van der Waals surface area contributed by atoms with E-state index in [0.29, 0.717) is 11.3 Å². The molecule has 3 rings (SSSR count). The number of aryl methyl sites for hydroxylation is 3. The van der Waals surface area contributed by atoms with Crippen LogP contribution in [0.1, 0.15) is 40.0 Å². The Morgan fingerprint density at radius 1 is 1.17 bits per heavy atom. The van der Waals surface area contributed by atoms with Crippen molar-refractivity contribution >= 4 is 17.5 Å². The largest absolute Gasteiger partial charge is 0.341 e. The summed E-state index contributed by atoms with van der Waals surface area (Å²) >= 11 is 0. The summed E-state index contributed by atoms with van der Waals surface area (Å²) in [5.41, 5.74) is 4.28. The quantitative estimate of drug-likeness (QED) is 0.945. The van der Waals surface area contributed by atoms with Crippen molar-refractivity contribution in [1.82, 2.24) is 9.97 Å². The highest BCUT2D eigenvalue weighted by atomic mass is 16.1. The number of benzene rings is 1. The van der Waals surface area contributed by atoms with E-state index < -0.39 is 0 Å². The summed E-state index contributed by atoms with van der Waals surface area (Å²) in [5.74, 6) is 0.561. The lowest BCUT2D eigenvalue weighted by molar-refractivity contribution is 0.102. The number of aromatic nitrogens is 2. The Kier molecular flexibility index (Phi) is 4.28. The summed E-state index contributed by atoms with van der Waals surface area (Å²) in [6, 6.07) is 5.97. The molecule has 23 heavy (non-hydrogen) atoms. The lowest BCUT2D eigenvalue weighted by atomic mass is 10.1. The number of hydrogen-bond acceptors (Lipinski definition) is 4. The van der Waals surface area contributed by atoms with Crippen molar-refractivity contribution in [2.24, 2.45) is 0 Å². The van der Waals surface area contributed by atoms with Gasteiger partial charge < -0.3 is 10.2 Å². The van der Waals surface area contributed by atoms with E-state index in [1.165, 1.54) is 18.4 Å². The van der Waals surface area contributed by atoms with E-state index in [1.807, 2.05) is 32.9 Å². The molecule has 120 valence electrons. The lowest BCUT2D eigenvalue weighted by Gasteiger charge is -2.16. The molecule has 0 saturated carbocycles. The Bertz CT molecular complexity index is 736. The van der Waals surface area contributed by atoms with Gasteiger partial charge in [-0.1, -0.05) is 17.7 Å². The second kappa shape index (κ2) is 6.36. The summed E-state index contributed by atoms with van der Waals surface area (Å²) in [6.07, 6.45) is 3.99. The number of amides is 1. The number of rotatable bonds is 3. The molecule has 1 aliphatic heterocycles. The Labute approximate surface area is 136 Å². The van der Waals surface area contributed by atoms with Gasteiger partial charge in [0.05, 0.1) is 11.3 Å². The first-order valence-corrected chi connectivity index (χ1v) is 8.02. The third-order valence-corrected chi connectivity index (χ3v) is 4.23. The molecule has 2 heterocycles. The summed E-state index contributed by atoms with van der Waals surface area (Å²) in [6.45, 7) is 7.87. The van der Waals surface area contributed by atoms with Crippen LogP contribution in [0.3, 0.4) is 0 Å². The fourth-order valence-corrected chi connectivity index (χ4v) is 2.89. The maximum absolute atomic E-state index is 12.5. The highest BCUT2D eigenvalue weighted by Gasteiger charge is 2.18. The monoisotopic (exact) mass is 310 g/mol. The molecule has 1 amide bonds. The van der Waals surface area contributed by atoms with Gasteiger partial charge in [0.1, 0.15) is 0 Å². The van der Waals surface area contributed by atoms with Gasteiger partial charge in [-0.2, -0.15) is 0 Å². The smallest absolute Gasteiger partial charge is 0.259 e. The first-order chi connectivity index (χ1) is 11.0. The third kappa shape index (κ3) is 3.33. The average Bonchev–Trinajstić information content (AvgIpc) is 3.04. The van der Waals surface area contributed by atoms with E-state index in [-0.39, 0.29) is 5.91 Å². The van der Waals surface area contributed by atoms with Crippen LogP contribution in [0, 0.1) is 20.8 Å². The van der Waals surface area contributed by atoms with Gasteiger partial charge >= 0.3 is 0 Å². The summed E-state index contributed by atoms with van der Waals surface area (Å²) in [5, 5.41) is 2.95. The maximum atomic E-state index is 12.5. The van der Waals surface area contributed by atoms with E-state index >= 15 is 0 Å². The van der Waals surface area contributed by atoms with Crippen molar-refractivity contribution in [3.8, 4) is 0 Å². The van der Waals surface area contributed by atoms with Gasteiger partial charge in [-0.15, -0.1) is 0 Å². The zero-order chi connectivity index (χ0) is 16.4. The molecule has 1 saturated heterocycles. The fourth-order valence-electron chi connectivity index (χ4n) is 2.89. The predicted octanol–water partition coefficient (Wildman–Crippen LogP) is 3.25. The molecule has 1 aromatic heterocycles. The van der Waals surface area contributed by atoms with Gasteiger partial charge in [0.25, 0.3) is 5.91 Å².